The standard InChI is InChI=1S/C12H22N2O3/c1-8(2)7-9(3)13-12(17)14-6-4-5-10(14)11(15)16/h8-10H,4-7H2,1-3H3,(H,13,17)(H,15,16)/t9?,10-/m0/s1. The van der Waals surface area contributed by atoms with Crippen molar-refractivity contribution in [2.75, 3.05) is 6.54 Å². The Kier molecular flexibility index (Phi) is 4.78. The molecule has 0 aromatic rings. The summed E-state index contributed by atoms with van der Waals surface area (Å²) < 4.78 is 0. The summed E-state index contributed by atoms with van der Waals surface area (Å²) in [6, 6.07) is -0.818. The van der Waals surface area contributed by atoms with Crippen LogP contribution in [0.1, 0.15) is 40.0 Å². The molecule has 0 aromatic heterocycles. The molecular formula is C12H22N2O3. The van der Waals surface area contributed by atoms with Gasteiger partial charge in [-0.2, -0.15) is 0 Å². The quantitative estimate of drug-likeness (QED) is 0.788. The number of nitrogens with one attached hydrogen (secondary N) is 1. The lowest BCUT2D eigenvalue weighted by molar-refractivity contribution is -0.141. The molecule has 5 nitrogen and oxygen atoms in total. The molecule has 2 amide bonds. The first-order chi connectivity index (χ1) is 7.91. The van der Waals surface area contributed by atoms with Crippen molar-refractivity contribution >= 4 is 12.0 Å². The van der Waals surface area contributed by atoms with E-state index in [1.165, 1.54) is 4.90 Å². The Morgan fingerprint density at radius 1 is 1.41 bits per heavy atom. The summed E-state index contributed by atoms with van der Waals surface area (Å²) in [7, 11) is 0. The van der Waals surface area contributed by atoms with Crippen LogP contribution in [0.2, 0.25) is 0 Å². The van der Waals surface area contributed by atoms with Gasteiger partial charge in [0.2, 0.25) is 0 Å². The largest absolute Gasteiger partial charge is 0.480 e. The molecule has 0 saturated carbocycles. The van der Waals surface area contributed by atoms with Crippen molar-refractivity contribution in [3.63, 3.8) is 0 Å². The maximum absolute atomic E-state index is 11.9. The van der Waals surface area contributed by atoms with Crippen molar-refractivity contribution in [3.05, 3.63) is 0 Å². The molecule has 1 unspecified atom stereocenters. The molecule has 0 aromatic carbocycles. The monoisotopic (exact) mass is 242 g/mol. The molecule has 1 fully saturated rings. The highest BCUT2D eigenvalue weighted by molar-refractivity contribution is 5.83. The van der Waals surface area contributed by atoms with E-state index in [1.54, 1.807) is 0 Å². The van der Waals surface area contributed by atoms with Crippen molar-refractivity contribution in [1.82, 2.24) is 10.2 Å². The number of rotatable bonds is 4. The summed E-state index contributed by atoms with van der Waals surface area (Å²) in [4.78, 5) is 24.3. The summed E-state index contributed by atoms with van der Waals surface area (Å²) in [5.41, 5.74) is 0. The Hall–Kier alpha value is -1.26. The molecule has 5 heteroatoms. The van der Waals surface area contributed by atoms with Crippen LogP contribution in [-0.4, -0.2) is 40.6 Å². The zero-order valence-corrected chi connectivity index (χ0v) is 10.8. The van der Waals surface area contributed by atoms with E-state index in [0.717, 1.165) is 12.8 Å². The Morgan fingerprint density at radius 3 is 2.59 bits per heavy atom. The molecule has 1 heterocycles. The van der Waals surface area contributed by atoms with Crippen LogP contribution < -0.4 is 5.32 Å². The van der Waals surface area contributed by atoms with E-state index in [-0.39, 0.29) is 12.1 Å². The minimum Gasteiger partial charge on any atom is -0.480 e. The maximum Gasteiger partial charge on any atom is 0.326 e. The molecule has 98 valence electrons. The molecule has 1 aliphatic heterocycles. The second kappa shape index (κ2) is 5.89. The van der Waals surface area contributed by atoms with Crippen molar-refractivity contribution in [1.29, 1.82) is 0 Å². The van der Waals surface area contributed by atoms with E-state index in [4.69, 9.17) is 5.11 Å². The Bertz CT molecular complexity index is 291. The van der Waals surface area contributed by atoms with E-state index in [9.17, 15) is 9.59 Å². The Balaban J connectivity index is 2.49. The topological polar surface area (TPSA) is 69.6 Å². The fourth-order valence-electron chi connectivity index (χ4n) is 2.33. The number of carbonyl (C=O) groups is 2. The van der Waals surface area contributed by atoms with Crippen LogP contribution in [0.4, 0.5) is 4.79 Å². The second-order valence-electron chi connectivity index (χ2n) is 5.17. The first-order valence-electron chi connectivity index (χ1n) is 6.21. The van der Waals surface area contributed by atoms with Gasteiger partial charge in [-0.1, -0.05) is 13.8 Å². The minimum atomic E-state index is -0.908. The van der Waals surface area contributed by atoms with Crippen LogP contribution in [0.5, 0.6) is 0 Å². The highest BCUT2D eigenvalue weighted by atomic mass is 16.4. The molecule has 0 bridgehead atoms. The van der Waals surface area contributed by atoms with Crippen LogP contribution in [0, 0.1) is 5.92 Å². The van der Waals surface area contributed by atoms with Gasteiger partial charge >= 0.3 is 12.0 Å². The smallest absolute Gasteiger partial charge is 0.326 e. The summed E-state index contributed by atoms with van der Waals surface area (Å²) in [6.07, 6.45) is 2.22. The van der Waals surface area contributed by atoms with E-state index < -0.39 is 12.0 Å². The molecule has 17 heavy (non-hydrogen) atoms. The zero-order chi connectivity index (χ0) is 13.0. The van der Waals surface area contributed by atoms with Crippen LogP contribution in [-0.2, 0) is 4.79 Å². The summed E-state index contributed by atoms with van der Waals surface area (Å²) >= 11 is 0. The third kappa shape index (κ3) is 3.91. The SMILES string of the molecule is CC(C)CC(C)NC(=O)N1CCC[C@H]1C(=O)O. The van der Waals surface area contributed by atoms with E-state index in [0.29, 0.717) is 18.9 Å². The van der Waals surface area contributed by atoms with Crippen LogP contribution in [0.25, 0.3) is 0 Å². The molecule has 2 atom stereocenters. The lowest BCUT2D eigenvalue weighted by Gasteiger charge is -2.25. The minimum absolute atomic E-state index is 0.0811. The van der Waals surface area contributed by atoms with Gasteiger partial charge in [-0.3, -0.25) is 0 Å². The van der Waals surface area contributed by atoms with Gasteiger partial charge in [0, 0.05) is 12.6 Å². The maximum atomic E-state index is 11.9. The zero-order valence-electron chi connectivity index (χ0n) is 10.8. The van der Waals surface area contributed by atoms with Gasteiger partial charge in [-0.05, 0) is 32.1 Å². The van der Waals surface area contributed by atoms with Crippen molar-refractivity contribution in [3.8, 4) is 0 Å². The number of aliphatic carboxylic acids is 1. The normalized spacial score (nSPS) is 21.6. The van der Waals surface area contributed by atoms with Gasteiger partial charge in [0.25, 0.3) is 0 Å². The molecule has 1 saturated heterocycles. The van der Waals surface area contributed by atoms with E-state index in [2.05, 4.69) is 19.2 Å². The number of hydrogen-bond donors (Lipinski definition) is 2. The molecule has 0 radical (unpaired) electrons. The number of urea groups is 1. The average molecular weight is 242 g/mol. The first-order valence-corrected chi connectivity index (χ1v) is 6.21. The van der Waals surface area contributed by atoms with Crippen molar-refractivity contribution in [2.24, 2.45) is 5.92 Å². The van der Waals surface area contributed by atoms with Crippen molar-refractivity contribution in [2.45, 2.75) is 52.1 Å². The van der Waals surface area contributed by atoms with Crippen LogP contribution >= 0.6 is 0 Å². The van der Waals surface area contributed by atoms with Gasteiger partial charge in [0.15, 0.2) is 0 Å². The summed E-state index contributed by atoms with van der Waals surface area (Å²) in [5.74, 6) is -0.395. The van der Waals surface area contributed by atoms with Gasteiger partial charge < -0.3 is 15.3 Å². The third-order valence-corrected chi connectivity index (χ3v) is 2.99. The highest BCUT2D eigenvalue weighted by Crippen LogP contribution is 2.17. The Morgan fingerprint density at radius 2 is 2.06 bits per heavy atom. The summed E-state index contributed by atoms with van der Waals surface area (Å²) in [6.45, 7) is 6.68. The number of carboxylic acid groups (broad SMARTS) is 1. The number of hydrogen-bond acceptors (Lipinski definition) is 2. The summed E-state index contributed by atoms with van der Waals surface area (Å²) in [5, 5.41) is 11.9. The number of amides is 2. The van der Waals surface area contributed by atoms with E-state index in [1.807, 2.05) is 6.92 Å². The average Bonchev–Trinajstić information content (AvgIpc) is 2.63. The number of carboxylic acids is 1. The molecule has 2 N–H and O–H groups in total. The highest BCUT2D eigenvalue weighted by Gasteiger charge is 2.34. The predicted octanol–water partition coefficient (Wildman–Crippen LogP) is 1.68. The molecule has 0 aliphatic carbocycles. The first kappa shape index (κ1) is 13.8. The lowest BCUT2D eigenvalue weighted by atomic mass is 10.1. The van der Waals surface area contributed by atoms with Gasteiger partial charge in [-0.15, -0.1) is 0 Å². The molecule has 1 aliphatic rings. The van der Waals surface area contributed by atoms with Crippen LogP contribution in [0.3, 0.4) is 0 Å². The predicted molar refractivity (Wildman–Crippen MR) is 64.8 cm³/mol. The number of nitrogens with zero attached hydrogens (tertiary/aromatic N) is 1. The van der Waals surface area contributed by atoms with Gasteiger partial charge in [0.1, 0.15) is 6.04 Å². The van der Waals surface area contributed by atoms with Crippen LogP contribution in [0.15, 0.2) is 0 Å². The fraction of sp³-hybridized carbons (Fsp3) is 0.833. The lowest BCUT2D eigenvalue weighted by Crippen LogP contribution is -2.48. The molecule has 1 rings (SSSR count). The van der Waals surface area contributed by atoms with E-state index >= 15 is 0 Å². The third-order valence-electron chi connectivity index (χ3n) is 2.99. The number of likely N-dealkylation sites (tertiary alicyclic amines) is 1. The van der Waals surface area contributed by atoms with Gasteiger partial charge in [0.05, 0.1) is 0 Å². The molecular weight excluding hydrogens is 220 g/mol. The fourth-order valence-corrected chi connectivity index (χ4v) is 2.33. The second-order valence-corrected chi connectivity index (χ2v) is 5.17. The molecule has 0 spiro atoms. The van der Waals surface area contributed by atoms with Crippen molar-refractivity contribution < 1.29 is 14.7 Å². The van der Waals surface area contributed by atoms with Gasteiger partial charge in [-0.25, -0.2) is 9.59 Å². The number of carbonyl (C=O) groups excluding carboxylic acids is 1. The Labute approximate surface area is 102 Å².